The van der Waals surface area contributed by atoms with Crippen molar-refractivity contribution in [1.29, 1.82) is 0 Å². The van der Waals surface area contributed by atoms with E-state index in [9.17, 15) is 9.90 Å². The van der Waals surface area contributed by atoms with E-state index in [1.54, 1.807) is 0 Å². The minimum absolute atomic E-state index is 0.102. The maximum atomic E-state index is 11.1. The van der Waals surface area contributed by atoms with Gasteiger partial charge in [-0.25, -0.2) is 9.48 Å². The average Bonchev–Trinajstić information content (AvgIpc) is 2.68. The monoisotopic (exact) mass is 242 g/mol. The molecule has 0 spiro atoms. The standard InChI is InChI=1S/C10H18N4O3/c1-4-7(5-2)9-11-12-13-14(9)8(6(3)15)10(16)17/h6-8,15H,4-5H2,1-3H3,(H,16,17). The second kappa shape index (κ2) is 5.72. The van der Waals surface area contributed by atoms with Crippen molar-refractivity contribution in [2.45, 2.75) is 51.7 Å². The molecular weight excluding hydrogens is 224 g/mol. The highest BCUT2D eigenvalue weighted by Crippen LogP contribution is 2.23. The average molecular weight is 242 g/mol. The zero-order valence-electron chi connectivity index (χ0n) is 10.2. The van der Waals surface area contributed by atoms with Crippen molar-refractivity contribution >= 4 is 5.97 Å². The van der Waals surface area contributed by atoms with E-state index in [4.69, 9.17) is 5.11 Å². The zero-order chi connectivity index (χ0) is 13.0. The van der Waals surface area contributed by atoms with Crippen LogP contribution in [-0.4, -0.2) is 42.5 Å². The fraction of sp³-hybridized carbons (Fsp3) is 0.800. The molecule has 1 rings (SSSR count). The summed E-state index contributed by atoms with van der Waals surface area (Å²) < 4.78 is 1.21. The molecule has 0 aromatic carbocycles. The Balaban J connectivity index is 3.12. The van der Waals surface area contributed by atoms with Crippen LogP contribution < -0.4 is 0 Å². The molecule has 0 bridgehead atoms. The first-order chi connectivity index (χ1) is 8.02. The van der Waals surface area contributed by atoms with Gasteiger partial charge in [-0.3, -0.25) is 0 Å². The summed E-state index contributed by atoms with van der Waals surface area (Å²) in [6.45, 7) is 5.40. The lowest BCUT2D eigenvalue weighted by atomic mass is 10.0. The Morgan fingerprint density at radius 1 is 1.41 bits per heavy atom. The molecule has 7 nitrogen and oxygen atoms in total. The molecule has 0 radical (unpaired) electrons. The number of hydrogen-bond acceptors (Lipinski definition) is 5. The summed E-state index contributed by atoms with van der Waals surface area (Å²) in [4.78, 5) is 11.1. The highest BCUT2D eigenvalue weighted by atomic mass is 16.4. The maximum Gasteiger partial charge on any atom is 0.331 e. The van der Waals surface area contributed by atoms with Gasteiger partial charge in [0.05, 0.1) is 6.10 Å². The summed E-state index contributed by atoms with van der Waals surface area (Å²) in [7, 11) is 0. The lowest BCUT2D eigenvalue weighted by Crippen LogP contribution is -2.32. The number of aliphatic carboxylic acids is 1. The minimum atomic E-state index is -1.14. The normalized spacial score (nSPS) is 14.9. The van der Waals surface area contributed by atoms with Crippen LogP contribution in [0.25, 0.3) is 0 Å². The van der Waals surface area contributed by atoms with Gasteiger partial charge in [0.1, 0.15) is 0 Å². The number of hydrogen-bond donors (Lipinski definition) is 2. The van der Waals surface area contributed by atoms with E-state index < -0.39 is 18.1 Å². The smallest absolute Gasteiger partial charge is 0.331 e. The van der Waals surface area contributed by atoms with E-state index in [-0.39, 0.29) is 5.92 Å². The van der Waals surface area contributed by atoms with E-state index in [1.807, 2.05) is 13.8 Å². The van der Waals surface area contributed by atoms with E-state index in [0.29, 0.717) is 5.82 Å². The molecule has 7 heteroatoms. The molecule has 0 amide bonds. The van der Waals surface area contributed by atoms with Crippen LogP contribution in [0.2, 0.25) is 0 Å². The summed E-state index contributed by atoms with van der Waals surface area (Å²) in [5, 5.41) is 29.7. The Kier molecular flexibility index (Phi) is 4.56. The number of carboxylic acids is 1. The van der Waals surface area contributed by atoms with Gasteiger partial charge in [0, 0.05) is 5.92 Å². The number of aliphatic hydroxyl groups excluding tert-OH is 1. The summed E-state index contributed by atoms with van der Waals surface area (Å²) in [6, 6.07) is -1.14. The Bertz CT molecular complexity index is 373. The van der Waals surface area contributed by atoms with Gasteiger partial charge >= 0.3 is 5.97 Å². The van der Waals surface area contributed by atoms with Gasteiger partial charge in [-0.05, 0) is 30.2 Å². The largest absolute Gasteiger partial charge is 0.480 e. The van der Waals surface area contributed by atoms with Crippen LogP contribution in [-0.2, 0) is 4.79 Å². The van der Waals surface area contributed by atoms with Crippen LogP contribution in [0.1, 0.15) is 51.4 Å². The van der Waals surface area contributed by atoms with Crippen molar-refractivity contribution in [3.63, 3.8) is 0 Å². The maximum absolute atomic E-state index is 11.1. The number of aliphatic hydroxyl groups is 1. The molecule has 1 aromatic rings. The van der Waals surface area contributed by atoms with Crippen molar-refractivity contribution in [1.82, 2.24) is 20.2 Å². The molecule has 0 saturated carbocycles. The Morgan fingerprint density at radius 2 is 2.00 bits per heavy atom. The van der Waals surface area contributed by atoms with E-state index in [1.165, 1.54) is 11.6 Å². The van der Waals surface area contributed by atoms with E-state index in [2.05, 4.69) is 15.5 Å². The third kappa shape index (κ3) is 2.79. The molecule has 0 aliphatic heterocycles. The van der Waals surface area contributed by atoms with Gasteiger partial charge in [-0.1, -0.05) is 13.8 Å². The molecule has 0 saturated heterocycles. The molecule has 0 fully saturated rings. The molecule has 0 aliphatic rings. The molecule has 96 valence electrons. The number of rotatable bonds is 6. The minimum Gasteiger partial charge on any atom is -0.480 e. The van der Waals surface area contributed by atoms with Crippen molar-refractivity contribution in [2.24, 2.45) is 0 Å². The molecule has 2 atom stereocenters. The van der Waals surface area contributed by atoms with Crippen LogP contribution in [0, 0.1) is 0 Å². The first-order valence-corrected chi connectivity index (χ1v) is 5.71. The lowest BCUT2D eigenvalue weighted by molar-refractivity contribution is -0.144. The fourth-order valence-corrected chi connectivity index (χ4v) is 1.84. The van der Waals surface area contributed by atoms with Gasteiger partial charge in [0.2, 0.25) is 0 Å². The predicted molar refractivity (Wildman–Crippen MR) is 59.5 cm³/mol. The summed E-state index contributed by atoms with van der Waals surface area (Å²) in [5.41, 5.74) is 0. The number of tetrazole rings is 1. The van der Waals surface area contributed by atoms with Crippen molar-refractivity contribution in [2.75, 3.05) is 0 Å². The Hall–Kier alpha value is -1.50. The van der Waals surface area contributed by atoms with Gasteiger partial charge in [0.15, 0.2) is 11.9 Å². The summed E-state index contributed by atoms with van der Waals surface area (Å²) in [5.74, 6) is -0.520. The number of carboxylic acid groups (broad SMARTS) is 1. The van der Waals surface area contributed by atoms with Crippen LogP contribution in [0.4, 0.5) is 0 Å². The van der Waals surface area contributed by atoms with Crippen LogP contribution in [0.3, 0.4) is 0 Å². The van der Waals surface area contributed by atoms with Crippen LogP contribution in [0.15, 0.2) is 0 Å². The first-order valence-electron chi connectivity index (χ1n) is 5.71. The highest BCUT2D eigenvalue weighted by molar-refractivity contribution is 5.72. The second-order valence-corrected chi connectivity index (χ2v) is 4.02. The lowest BCUT2D eigenvalue weighted by Gasteiger charge is -2.19. The summed E-state index contributed by atoms with van der Waals surface area (Å²) >= 11 is 0. The predicted octanol–water partition coefficient (Wildman–Crippen LogP) is 0.583. The van der Waals surface area contributed by atoms with E-state index in [0.717, 1.165) is 12.8 Å². The molecule has 17 heavy (non-hydrogen) atoms. The molecule has 2 N–H and O–H groups in total. The quantitative estimate of drug-likeness (QED) is 0.756. The third-order valence-corrected chi connectivity index (χ3v) is 2.84. The molecule has 1 aromatic heterocycles. The van der Waals surface area contributed by atoms with Gasteiger partial charge in [-0.15, -0.1) is 5.10 Å². The van der Waals surface area contributed by atoms with Crippen molar-refractivity contribution in [3.05, 3.63) is 5.82 Å². The first kappa shape index (κ1) is 13.6. The van der Waals surface area contributed by atoms with Gasteiger partial charge in [-0.2, -0.15) is 0 Å². The van der Waals surface area contributed by atoms with E-state index >= 15 is 0 Å². The third-order valence-electron chi connectivity index (χ3n) is 2.84. The highest BCUT2D eigenvalue weighted by Gasteiger charge is 2.30. The fourth-order valence-electron chi connectivity index (χ4n) is 1.84. The number of nitrogens with zero attached hydrogens (tertiary/aromatic N) is 4. The molecule has 1 heterocycles. The number of aromatic nitrogens is 4. The molecule has 0 aliphatic carbocycles. The SMILES string of the molecule is CCC(CC)c1nnnn1C(C(=O)O)C(C)O. The topological polar surface area (TPSA) is 101 Å². The van der Waals surface area contributed by atoms with Crippen LogP contribution >= 0.6 is 0 Å². The Morgan fingerprint density at radius 3 is 2.41 bits per heavy atom. The number of carbonyl (C=O) groups is 1. The van der Waals surface area contributed by atoms with Crippen molar-refractivity contribution in [3.8, 4) is 0 Å². The molecule has 2 unspecified atom stereocenters. The Labute approximate surface area is 99.4 Å². The molecular formula is C10H18N4O3. The zero-order valence-corrected chi connectivity index (χ0v) is 10.2. The van der Waals surface area contributed by atoms with Gasteiger partial charge < -0.3 is 10.2 Å². The second-order valence-electron chi connectivity index (χ2n) is 4.02. The summed E-state index contributed by atoms with van der Waals surface area (Å²) in [6.07, 6.45) is 0.593. The van der Waals surface area contributed by atoms with Gasteiger partial charge in [0.25, 0.3) is 0 Å². The van der Waals surface area contributed by atoms with Crippen LogP contribution in [0.5, 0.6) is 0 Å². The van der Waals surface area contributed by atoms with Crippen molar-refractivity contribution < 1.29 is 15.0 Å².